The molecule has 0 unspecified atom stereocenters. The Bertz CT molecular complexity index is 1150. The Kier molecular flexibility index (Phi) is 9.44. The van der Waals surface area contributed by atoms with Crippen molar-refractivity contribution in [1.82, 2.24) is 10.7 Å². The average molecular weight is 522 g/mol. The molecule has 0 saturated carbocycles. The summed E-state index contributed by atoms with van der Waals surface area (Å²) in [4.78, 5) is 35.8. The van der Waals surface area contributed by atoms with Crippen molar-refractivity contribution in [1.29, 1.82) is 0 Å². The highest BCUT2D eigenvalue weighted by atomic mass is 19.4. The van der Waals surface area contributed by atoms with E-state index in [0.717, 1.165) is 25.0 Å². The van der Waals surface area contributed by atoms with Gasteiger partial charge in [-0.3, -0.25) is 14.4 Å². The van der Waals surface area contributed by atoms with Gasteiger partial charge < -0.3 is 24.8 Å². The number of nitrogens with one attached hydrogen (secondary N) is 3. The van der Waals surface area contributed by atoms with Crippen LogP contribution >= 0.6 is 0 Å². The average Bonchev–Trinajstić information content (AvgIpc) is 3.39. The Morgan fingerprint density at radius 1 is 1.14 bits per heavy atom. The Hall–Kier alpha value is -4.13. The summed E-state index contributed by atoms with van der Waals surface area (Å²) in [5, 5.41) is 8.38. The van der Waals surface area contributed by atoms with Crippen LogP contribution in [0.1, 0.15) is 24.0 Å². The van der Waals surface area contributed by atoms with E-state index in [1.807, 2.05) is 0 Å². The van der Waals surface area contributed by atoms with Crippen LogP contribution in [0.15, 0.2) is 47.6 Å². The third-order valence-electron chi connectivity index (χ3n) is 5.15. The highest BCUT2D eigenvalue weighted by Crippen LogP contribution is 2.34. The molecule has 10 nitrogen and oxygen atoms in total. The maximum absolute atomic E-state index is 13.1. The van der Waals surface area contributed by atoms with Crippen molar-refractivity contribution in [2.75, 3.05) is 32.2 Å². The Morgan fingerprint density at radius 3 is 2.62 bits per heavy atom. The van der Waals surface area contributed by atoms with Gasteiger partial charge in [0, 0.05) is 13.2 Å². The van der Waals surface area contributed by atoms with Gasteiger partial charge in [0.1, 0.15) is 0 Å². The van der Waals surface area contributed by atoms with E-state index >= 15 is 0 Å². The summed E-state index contributed by atoms with van der Waals surface area (Å²) in [5.74, 6) is -2.24. The minimum Gasteiger partial charge on any atom is -0.493 e. The normalized spacial score (nSPS) is 15.3. The lowest BCUT2D eigenvalue weighted by molar-refractivity contribution is -0.139. The molecule has 2 aromatic rings. The van der Waals surface area contributed by atoms with Crippen molar-refractivity contribution in [2.24, 2.45) is 5.10 Å². The van der Waals surface area contributed by atoms with E-state index in [2.05, 4.69) is 21.2 Å². The molecule has 1 aliphatic rings. The van der Waals surface area contributed by atoms with E-state index in [1.165, 1.54) is 43.7 Å². The quantitative estimate of drug-likeness (QED) is 0.264. The van der Waals surface area contributed by atoms with Crippen LogP contribution in [0.25, 0.3) is 0 Å². The third-order valence-corrected chi connectivity index (χ3v) is 5.15. The van der Waals surface area contributed by atoms with Gasteiger partial charge in [-0.05, 0) is 48.7 Å². The van der Waals surface area contributed by atoms with Gasteiger partial charge in [-0.1, -0.05) is 12.1 Å². The van der Waals surface area contributed by atoms with E-state index in [0.29, 0.717) is 12.2 Å². The lowest BCUT2D eigenvalue weighted by Gasteiger charge is -2.14. The first-order chi connectivity index (χ1) is 17.7. The SMILES string of the molecule is COc1cc(/C=N\NC(=O)C(=O)NC[C@H]2CCCO2)ccc1OCC(=O)Nc1ccccc1C(F)(F)F. The molecular formula is C24H25F3N4O6. The van der Waals surface area contributed by atoms with Gasteiger partial charge in [-0.25, -0.2) is 5.43 Å². The number of methoxy groups -OCH3 is 1. The molecule has 0 aliphatic carbocycles. The van der Waals surface area contributed by atoms with Gasteiger partial charge in [0.25, 0.3) is 5.91 Å². The number of ether oxygens (including phenoxy) is 3. The van der Waals surface area contributed by atoms with Crippen LogP contribution in [0, 0.1) is 0 Å². The molecule has 37 heavy (non-hydrogen) atoms. The summed E-state index contributed by atoms with van der Waals surface area (Å²) in [5.41, 5.74) is 1.22. The Morgan fingerprint density at radius 2 is 1.92 bits per heavy atom. The smallest absolute Gasteiger partial charge is 0.418 e. The number of halogens is 3. The molecule has 1 aliphatic heterocycles. The number of para-hydroxylation sites is 1. The number of hydrogen-bond acceptors (Lipinski definition) is 7. The summed E-state index contributed by atoms with van der Waals surface area (Å²) >= 11 is 0. The largest absolute Gasteiger partial charge is 0.493 e. The summed E-state index contributed by atoms with van der Waals surface area (Å²) in [6.45, 7) is 0.294. The van der Waals surface area contributed by atoms with Crippen LogP contribution in [0.5, 0.6) is 11.5 Å². The molecule has 1 heterocycles. The van der Waals surface area contributed by atoms with Crippen molar-refractivity contribution in [3.63, 3.8) is 0 Å². The molecule has 1 saturated heterocycles. The topological polar surface area (TPSA) is 127 Å². The number of benzene rings is 2. The van der Waals surface area contributed by atoms with Gasteiger partial charge in [-0.2, -0.15) is 18.3 Å². The zero-order chi connectivity index (χ0) is 26.8. The molecule has 1 atom stereocenters. The number of amides is 3. The van der Waals surface area contributed by atoms with Crippen LogP contribution in [0.4, 0.5) is 18.9 Å². The number of hydrazone groups is 1. The van der Waals surface area contributed by atoms with Crippen LogP contribution in [0.3, 0.4) is 0 Å². The molecule has 0 radical (unpaired) electrons. The second kappa shape index (κ2) is 12.7. The van der Waals surface area contributed by atoms with Crippen molar-refractivity contribution in [3.05, 3.63) is 53.6 Å². The molecule has 0 aromatic heterocycles. The molecule has 0 spiro atoms. The number of carbonyl (C=O) groups excluding carboxylic acids is 3. The molecule has 0 bridgehead atoms. The number of nitrogens with zero attached hydrogens (tertiary/aromatic N) is 1. The van der Waals surface area contributed by atoms with Crippen LogP contribution in [-0.2, 0) is 25.3 Å². The van der Waals surface area contributed by atoms with Crippen molar-refractivity contribution in [2.45, 2.75) is 25.1 Å². The van der Waals surface area contributed by atoms with E-state index in [1.54, 1.807) is 0 Å². The predicted molar refractivity (Wildman–Crippen MR) is 126 cm³/mol. The van der Waals surface area contributed by atoms with E-state index in [9.17, 15) is 27.6 Å². The van der Waals surface area contributed by atoms with Gasteiger partial charge in [0.2, 0.25) is 0 Å². The second-order valence-electron chi connectivity index (χ2n) is 7.83. The molecule has 3 N–H and O–H groups in total. The molecule has 1 fully saturated rings. The highest BCUT2D eigenvalue weighted by molar-refractivity contribution is 6.35. The van der Waals surface area contributed by atoms with Crippen molar-refractivity contribution >= 4 is 29.6 Å². The van der Waals surface area contributed by atoms with Crippen molar-refractivity contribution < 1.29 is 41.8 Å². The second-order valence-corrected chi connectivity index (χ2v) is 7.83. The molecular weight excluding hydrogens is 497 g/mol. The fraction of sp³-hybridized carbons (Fsp3) is 0.333. The summed E-state index contributed by atoms with van der Waals surface area (Å²) < 4.78 is 55.3. The number of alkyl halides is 3. The first-order valence-electron chi connectivity index (χ1n) is 11.2. The Balaban J connectivity index is 1.51. The number of hydrogen-bond donors (Lipinski definition) is 3. The molecule has 3 amide bonds. The number of anilines is 1. The van der Waals surface area contributed by atoms with Gasteiger partial charge in [-0.15, -0.1) is 0 Å². The maximum atomic E-state index is 13.1. The molecule has 198 valence electrons. The zero-order valence-corrected chi connectivity index (χ0v) is 19.8. The summed E-state index contributed by atoms with van der Waals surface area (Å²) in [7, 11) is 1.35. The molecule has 13 heteroatoms. The van der Waals surface area contributed by atoms with Gasteiger partial charge >= 0.3 is 18.0 Å². The van der Waals surface area contributed by atoms with E-state index < -0.39 is 36.1 Å². The summed E-state index contributed by atoms with van der Waals surface area (Å²) in [6, 6.07) is 9.06. The Labute approximate surface area is 210 Å². The maximum Gasteiger partial charge on any atom is 0.418 e. The van der Waals surface area contributed by atoms with Crippen LogP contribution in [-0.4, -0.2) is 56.9 Å². The van der Waals surface area contributed by atoms with Crippen LogP contribution in [0.2, 0.25) is 0 Å². The number of carbonyl (C=O) groups is 3. The van der Waals surface area contributed by atoms with Crippen LogP contribution < -0.4 is 25.5 Å². The first-order valence-corrected chi connectivity index (χ1v) is 11.2. The third kappa shape index (κ3) is 8.20. The fourth-order valence-corrected chi connectivity index (χ4v) is 3.36. The minimum absolute atomic E-state index is 0.102. The molecule has 3 rings (SSSR count). The minimum atomic E-state index is -4.63. The number of rotatable bonds is 9. The van der Waals surface area contributed by atoms with Gasteiger partial charge in [0.15, 0.2) is 18.1 Å². The standard InChI is InChI=1S/C24H25F3N4O6/c1-35-20-11-15(12-29-31-23(34)22(33)28-13-16-5-4-10-36-16)8-9-19(20)37-14-21(32)30-18-7-3-2-6-17(18)24(25,26)27/h2-3,6-9,11-12,16H,4-5,10,13-14H2,1H3,(H,28,33)(H,30,32)(H,31,34)/b29-12-/t16-/m1/s1. The zero-order valence-electron chi connectivity index (χ0n) is 19.8. The van der Waals surface area contributed by atoms with E-state index in [4.69, 9.17) is 14.2 Å². The first kappa shape index (κ1) is 27.5. The lowest BCUT2D eigenvalue weighted by atomic mass is 10.1. The predicted octanol–water partition coefficient (Wildman–Crippen LogP) is 2.48. The highest BCUT2D eigenvalue weighted by Gasteiger charge is 2.33. The fourth-order valence-electron chi connectivity index (χ4n) is 3.36. The molecule has 2 aromatic carbocycles. The van der Waals surface area contributed by atoms with Crippen molar-refractivity contribution in [3.8, 4) is 11.5 Å². The van der Waals surface area contributed by atoms with Gasteiger partial charge in [0.05, 0.1) is 30.7 Å². The summed E-state index contributed by atoms with van der Waals surface area (Å²) in [6.07, 6.45) is -1.74. The lowest BCUT2D eigenvalue weighted by Crippen LogP contribution is -2.41. The monoisotopic (exact) mass is 522 g/mol. The van der Waals surface area contributed by atoms with E-state index in [-0.39, 0.29) is 29.8 Å².